The highest BCUT2D eigenvalue weighted by atomic mass is 32.1. The molecule has 1 fully saturated rings. The summed E-state index contributed by atoms with van der Waals surface area (Å²) >= 11 is 1.32. The van der Waals surface area contributed by atoms with Crippen molar-refractivity contribution in [2.45, 2.75) is 44.7 Å². The van der Waals surface area contributed by atoms with Gasteiger partial charge in [0.05, 0.1) is 22.4 Å². The maximum atomic E-state index is 13.6. The van der Waals surface area contributed by atoms with Crippen molar-refractivity contribution in [3.8, 4) is 11.5 Å². The number of aryl methyl sites for hydroxylation is 1. The number of ether oxygens (including phenoxy) is 1. The fourth-order valence-corrected chi connectivity index (χ4v) is 6.70. The summed E-state index contributed by atoms with van der Waals surface area (Å²) in [6.07, 6.45) is 5.96. The second kappa shape index (κ2) is 10.3. The normalized spacial score (nSPS) is 18.8. The van der Waals surface area contributed by atoms with Gasteiger partial charge in [0.15, 0.2) is 0 Å². The highest BCUT2D eigenvalue weighted by Crippen LogP contribution is 2.46. The van der Waals surface area contributed by atoms with E-state index in [1.165, 1.54) is 17.8 Å². The average molecular weight is 542 g/mol. The standard InChI is InChI=1S/C30H31N5O3S/c1-18-17-20(38-19-9-5-4-6-10-19)13-14-22(18)35-24-15-16-31-29-25(24)26(33-30(35)37)27(39-29)28(36)32-21-11-7-8-12-23(21)34(2)3/h4-6,9-10,13-17,21,23H,7-8,11-12H2,1-3H3,(H,32,36)(H,33,37)/t21-,23+/m1/s1. The molecule has 4 aromatic rings. The van der Waals surface area contributed by atoms with Crippen molar-refractivity contribution in [3.05, 3.63) is 71.2 Å². The van der Waals surface area contributed by atoms with E-state index in [1.807, 2.05) is 61.5 Å². The molecular weight excluding hydrogens is 510 g/mol. The number of aromatic nitrogens is 1. The van der Waals surface area contributed by atoms with E-state index in [4.69, 9.17) is 4.74 Å². The number of pyridine rings is 1. The van der Waals surface area contributed by atoms with E-state index in [0.717, 1.165) is 41.6 Å². The topological polar surface area (TPSA) is 86.8 Å². The zero-order valence-electron chi connectivity index (χ0n) is 22.2. The van der Waals surface area contributed by atoms with Gasteiger partial charge in [-0.1, -0.05) is 31.0 Å². The number of carbonyl (C=O) groups excluding carboxylic acids is 2. The second-order valence-corrected chi connectivity index (χ2v) is 11.3. The minimum absolute atomic E-state index is 0.0705. The van der Waals surface area contributed by atoms with Gasteiger partial charge < -0.3 is 20.3 Å². The van der Waals surface area contributed by atoms with Crippen LogP contribution in [-0.4, -0.2) is 48.0 Å². The van der Waals surface area contributed by atoms with Gasteiger partial charge in [-0.05, 0) is 75.8 Å². The number of nitrogens with one attached hydrogen (secondary N) is 2. The van der Waals surface area contributed by atoms with Crippen molar-refractivity contribution >= 4 is 50.6 Å². The summed E-state index contributed by atoms with van der Waals surface area (Å²) in [5, 5.41) is 7.05. The van der Waals surface area contributed by atoms with Gasteiger partial charge in [-0.3, -0.25) is 9.69 Å². The number of thiophene rings is 1. The highest BCUT2D eigenvalue weighted by Gasteiger charge is 2.35. The van der Waals surface area contributed by atoms with Crippen LogP contribution in [0.25, 0.3) is 10.2 Å². The number of anilines is 3. The fourth-order valence-electron chi connectivity index (χ4n) is 5.68. The van der Waals surface area contributed by atoms with Crippen molar-refractivity contribution in [2.24, 2.45) is 0 Å². The molecule has 200 valence electrons. The van der Waals surface area contributed by atoms with Crippen LogP contribution in [0, 0.1) is 6.92 Å². The van der Waals surface area contributed by atoms with Crippen molar-refractivity contribution in [1.29, 1.82) is 0 Å². The molecule has 1 saturated carbocycles. The van der Waals surface area contributed by atoms with Crippen molar-refractivity contribution in [3.63, 3.8) is 0 Å². The lowest BCUT2D eigenvalue weighted by atomic mass is 9.89. The molecule has 2 aromatic heterocycles. The number of urea groups is 1. The number of para-hydroxylation sites is 1. The Morgan fingerprint density at radius 2 is 1.87 bits per heavy atom. The predicted molar refractivity (Wildman–Crippen MR) is 156 cm³/mol. The third-order valence-electron chi connectivity index (χ3n) is 7.55. The van der Waals surface area contributed by atoms with Gasteiger partial charge in [-0.2, -0.15) is 0 Å². The first-order valence-corrected chi connectivity index (χ1v) is 14.1. The van der Waals surface area contributed by atoms with E-state index in [1.54, 1.807) is 11.1 Å². The molecule has 1 aliphatic carbocycles. The van der Waals surface area contributed by atoms with Crippen LogP contribution >= 0.6 is 11.3 Å². The minimum atomic E-state index is -0.314. The van der Waals surface area contributed by atoms with E-state index >= 15 is 0 Å². The first-order valence-electron chi connectivity index (χ1n) is 13.2. The quantitative estimate of drug-likeness (QED) is 0.284. The van der Waals surface area contributed by atoms with Gasteiger partial charge in [-0.15, -0.1) is 11.3 Å². The van der Waals surface area contributed by atoms with Crippen molar-refractivity contribution in [2.75, 3.05) is 24.3 Å². The Morgan fingerprint density at radius 1 is 1.08 bits per heavy atom. The van der Waals surface area contributed by atoms with Crippen molar-refractivity contribution < 1.29 is 14.3 Å². The highest BCUT2D eigenvalue weighted by molar-refractivity contribution is 7.21. The molecule has 2 atom stereocenters. The Hall–Kier alpha value is -3.95. The largest absolute Gasteiger partial charge is 0.457 e. The molecule has 3 heterocycles. The first kappa shape index (κ1) is 25.3. The van der Waals surface area contributed by atoms with Crippen LogP contribution in [0.5, 0.6) is 11.5 Å². The summed E-state index contributed by atoms with van der Waals surface area (Å²) in [6, 6.07) is 17.1. The summed E-state index contributed by atoms with van der Waals surface area (Å²) in [5.41, 5.74) is 2.86. The number of rotatable bonds is 6. The van der Waals surface area contributed by atoms with Gasteiger partial charge in [-0.25, -0.2) is 9.78 Å². The Balaban J connectivity index is 1.32. The summed E-state index contributed by atoms with van der Waals surface area (Å²) in [6.45, 7) is 1.95. The van der Waals surface area contributed by atoms with E-state index in [9.17, 15) is 9.59 Å². The number of nitrogens with zero attached hydrogens (tertiary/aromatic N) is 3. The molecule has 0 spiro atoms. The molecule has 2 aromatic carbocycles. The lowest BCUT2D eigenvalue weighted by Gasteiger charge is -2.36. The molecule has 9 heteroatoms. The van der Waals surface area contributed by atoms with Crippen LogP contribution in [-0.2, 0) is 0 Å². The summed E-state index contributed by atoms with van der Waals surface area (Å²) in [7, 11) is 4.12. The average Bonchev–Trinajstić information content (AvgIpc) is 3.30. The van der Waals surface area contributed by atoms with Crippen molar-refractivity contribution in [1.82, 2.24) is 15.2 Å². The second-order valence-electron chi connectivity index (χ2n) is 10.3. The smallest absolute Gasteiger partial charge is 0.331 e. The molecule has 0 saturated heterocycles. The molecule has 0 unspecified atom stereocenters. The maximum absolute atomic E-state index is 13.6. The van der Waals surface area contributed by atoms with Crippen LogP contribution in [0.2, 0.25) is 0 Å². The third kappa shape index (κ3) is 4.72. The molecule has 39 heavy (non-hydrogen) atoms. The minimum Gasteiger partial charge on any atom is -0.457 e. The van der Waals surface area contributed by atoms with Crippen LogP contribution in [0.1, 0.15) is 40.9 Å². The molecule has 0 radical (unpaired) electrons. The molecule has 2 aliphatic rings. The molecule has 3 amide bonds. The molecular formula is C30H31N5O3S. The zero-order valence-corrected chi connectivity index (χ0v) is 23.0. The Morgan fingerprint density at radius 3 is 2.64 bits per heavy atom. The summed E-state index contributed by atoms with van der Waals surface area (Å²) in [5.74, 6) is 1.27. The lowest BCUT2D eigenvalue weighted by molar-refractivity contribution is 0.0888. The number of hydrogen-bond acceptors (Lipinski definition) is 6. The van der Waals surface area contributed by atoms with Gasteiger partial charge >= 0.3 is 6.03 Å². The SMILES string of the molecule is Cc1cc(Oc2ccccc2)ccc1N1C(=O)Nc2c(C(=O)N[C@@H]3CCCC[C@@H]3N(C)C)sc3nccc1c23. The Bertz CT molecular complexity index is 1550. The molecule has 0 bridgehead atoms. The monoisotopic (exact) mass is 541 g/mol. The van der Waals surface area contributed by atoms with Crippen LogP contribution < -0.4 is 20.3 Å². The summed E-state index contributed by atoms with van der Waals surface area (Å²) in [4.78, 5) is 36.7. The summed E-state index contributed by atoms with van der Waals surface area (Å²) < 4.78 is 5.98. The van der Waals surface area contributed by atoms with E-state index in [2.05, 4.69) is 34.6 Å². The number of likely N-dealkylation sites (N-methyl/N-ethyl adjacent to an activating group) is 1. The Kier molecular flexibility index (Phi) is 6.70. The van der Waals surface area contributed by atoms with Crippen LogP contribution in [0.15, 0.2) is 60.8 Å². The van der Waals surface area contributed by atoms with E-state index in [0.29, 0.717) is 32.9 Å². The molecule has 8 nitrogen and oxygen atoms in total. The first-order chi connectivity index (χ1) is 18.9. The Labute approximate surface area is 231 Å². The lowest BCUT2D eigenvalue weighted by Crippen LogP contribution is -2.51. The number of benzene rings is 2. The number of carbonyl (C=O) groups is 2. The predicted octanol–water partition coefficient (Wildman–Crippen LogP) is 6.68. The molecule has 6 rings (SSSR count). The van der Waals surface area contributed by atoms with Gasteiger partial charge in [0.25, 0.3) is 5.91 Å². The van der Waals surface area contributed by atoms with Gasteiger partial charge in [0.2, 0.25) is 0 Å². The van der Waals surface area contributed by atoms with E-state index < -0.39 is 0 Å². The third-order valence-corrected chi connectivity index (χ3v) is 8.65. The fraction of sp³-hybridized carbons (Fsp3) is 0.300. The maximum Gasteiger partial charge on any atom is 0.331 e. The van der Waals surface area contributed by atoms with Crippen LogP contribution in [0.4, 0.5) is 21.9 Å². The zero-order chi connectivity index (χ0) is 27.1. The molecule has 2 N–H and O–H groups in total. The number of hydrogen-bond donors (Lipinski definition) is 2. The molecule has 1 aliphatic heterocycles. The van der Waals surface area contributed by atoms with Crippen LogP contribution in [0.3, 0.4) is 0 Å². The number of amides is 3. The van der Waals surface area contributed by atoms with E-state index in [-0.39, 0.29) is 18.0 Å². The van der Waals surface area contributed by atoms with Gasteiger partial charge in [0, 0.05) is 18.3 Å². The van der Waals surface area contributed by atoms with Gasteiger partial charge in [0.1, 0.15) is 21.2 Å².